The third-order valence-corrected chi connectivity index (χ3v) is 6.02. The maximum atomic E-state index is 13.1. The Bertz CT molecular complexity index is 1340. The first kappa shape index (κ1) is 22.5. The normalized spacial score (nSPS) is 16.5. The highest BCUT2D eigenvalue weighted by atomic mass is 16.5. The van der Waals surface area contributed by atoms with Gasteiger partial charge in [0, 0.05) is 29.9 Å². The van der Waals surface area contributed by atoms with Gasteiger partial charge >= 0.3 is 12.0 Å². The first-order valence-corrected chi connectivity index (χ1v) is 11.5. The fourth-order valence-corrected chi connectivity index (χ4v) is 4.35. The van der Waals surface area contributed by atoms with Crippen LogP contribution in [0.25, 0.3) is 16.9 Å². The van der Waals surface area contributed by atoms with Crippen molar-refractivity contribution in [2.45, 2.75) is 32.4 Å². The van der Waals surface area contributed by atoms with Gasteiger partial charge in [-0.05, 0) is 37.1 Å². The van der Waals surface area contributed by atoms with Crippen LogP contribution in [-0.4, -0.2) is 43.6 Å². The maximum Gasteiger partial charge on any atom is 0.320 e. The Balaban J connectivity index is 1.46. The quantitative estimate of drug-likeness (QED) is 0.395. The monoisotopic (exact) mass is 470 g/mol. The zero-order chi connectivity index (χ0) is 24.4. The molecule has 1 unspecified atom stereocenters. The molecule has 3 N–H and O–H groups in total. The predicted molar refractivity (Wildman–Crippen MR) is 132 cm³/mol. The fraction of sp³-hybridized carbons (Fsp3) is 0.231. The number of ether oxygens (including phenoxy) is 1. The van der Waals surface area contributed by atoms with E-state index in [0.29, 0.717) is 36.1 Å². The van der Waals surface area contributed by atoms with E-state index < -0.39 is 18.2 Å². The topological polar surface area (TPSA) is 114 Å². The van der Waals surface area contributed by atoms with Crippen LogP contribution in [0.5, 0.6) is 6.01 Å². The van der Waals surface area contributed by atoms with E-state index in [1.807, 2.05) is 68.4 Å². The molecule has 5 rings (SSSR count). The van der Waals surface area contributed by atoms with E-state index >= 15 is 0 Å². The van der Waals surface area contributed by atoms with Crippen molar-refractivity contribution in [1.29, 1.82) is 0 Å². The van der Waals surface area contributed by atoms with E-state index in [2.05, 4.69) is 20.6 Å². The highest BCUT2D eigenvalue weighted by molar-refractivity contribution is 5.91. The van der Waals surface area contributed by atoms with Gasteiger partial charge < -0.3 is 15.2 Å². The van der Waals surface area contributed by atoms with E-state index in [1.165, 1.54) is 0 Å². The lowest BCUT2D eigenvalue weighted by Gasteiger charge is -2.19. The SMILES string of the molecule is CCOc1ncc(-c2nn(-c3ccccc3)c(NC(=O)NC3c4ccccc4C[C@H]3O)c2C)cn1. The van der Waals surface area contributed by atoms with Crippen molar-refractivity contribution in [3.63, 3.8) is 0 Å². The van der Waals surface area contributed by atoms with Gasteiger partial charge in [0.25, 0.3) is 0 Å². The van der Waals surface area contributed by atoms with Crippen LogP contribution in [0, 0.1) is 6.92 Å². The Morgan fingerprint density at radius 3 is 2.57 bits per heavy atom. The number of aromatic nitrogens is 4. The van der Waals surface area contributed by atoms with Gasteiger partial charge in [-0.15, -0.1) is 0 Å². The number of anilines is 1. The van der Waals surface area contributed by atoms with Crippen LogP contribution in [0.1, 0.15) is 29.7 Å². The largest absolute Gasteiger partial charge is 0.464 e. The number of carbonyl (C=O) groups excluding carboxylic acids is 1. The van der Waals surface area contributed by atoms with E-state index in [-0.39, 0.29) is 0 Å². The minimum Gasteiger partial charge on any atom is -0.464 e. The van der Waals surface area contributed by atoms with Crippen LogP contribution in [0.3, 0.4) is 0 Å². The Morgan fingerprint density at radius 2 is 1.83 bits per heavy atom. The lowest BCUT2D eigenvalue weighted by Crippen LogP contribution is -2.37. The second kappa shape index (κ2) is 9.55. The van der Waals surface area contributed by atoms with E-state index in [4.69, 9.17) is 9.84 Å². The van der Waals surface area contributed by atoms with Gasteiger partial charge in [-0.1, -0.05) is 42.5 Å². The van der Waals surface area contributed by atoms with Gasteiger partial charge in [-0.2, -0.15) is 5.10 Å². The summed E-state index contributed by atoms with van der Waals surface area (Å²) in [5, 5.41) is 21.2. The van der Waals surface area contributed by atoms with Gasteiger partial charge in [0.05, 0.1) is 24.4 Å². The molecule has 1 aliphatic carbocycles. The summed E-state index contributed by atoms with van der Waals surface area (Å²) in [6, 6.07) is 16.7. The summed E-state index contributed by atoms with van der Waals surface area (Å²) in [5.74, 6) is 0.512. The van der Waals surface area contributed by atoms with Crippen LogP contribution >= 0.6 is 0 Å². The van der Waals surface area contributed by atoms with Crippen molar-refractivity contribution in [2.75, 3.05) is 11.9 Å². The van der Waals surface area contributed by atoms with Crippen molar-refractivity contribution >= 4 is 11.8 Å². The predicted octanol–water partition coefficient (Wildman–Crippen LogP) is 3.82. The van der Waals surface area contributed by atoms with Crippen LogP contribution in [0.15, 0.2) is 67.0 Å². The van der Waals surface area contributed by atoms with E-state index in [1.54, 1.807) is 17.1 Å². The summed E-state index contributed by atoms with van der Waals surface area (Å²) in [7, 11) is 0. The third-order valence-electron chi connectivity index (χ3n) is 6.02. The molecule has 0 aliphatic heterocycles. The molecular formula is C26H26N6O3. The molecule has 178 valence electrons. The third kappa shape index (κ3) is 4.45. The Morgan fingerprint density at radius 1 is 1.11 bits per heavy atom. The molecule has 9 heteroatoms. The Hall–Kier alpha value is -4.24. The van der Waals surface area contributed by atoms with Crippen LogP contribution < -0.4 is 15.4 Å². The number of aliphatic hydroxyl groups is 1. The minimum atomic E-state index is -0.685. The molecule has 35 heavy (non-hydrogen) atoms. The average Bonchev–Trinajstić information content (AvgIpc) is 3.36. The molecular weight excluding hydrogens is 444 g/mol. The number of fused-ring (bicyclic) bond motifs is 1. The Kier molecular flexibility index (Phi) is 6.15. The lowest BCUT2D eigenvalue weighted by molar-refractivity contribution is 0.144. The number of urea groups is 1. The summed E-state index contributed by atoms with van der Waals surface area (Å²) in [4.78, 5) is 21.6. The zero-order valence-electron chi connectivity index (χ0n) is 19.5. The van der Waals surface area contributed by atoms with Crippen molar-refractivity contribution < 1.29 is 14.6 Å². The number of para-hydroxylation sites is 1. The first-order chi connectivity index (χ1) is 17.0. The molecule has 1 aliphatic rings. The second-order valence-corrected chi connectivity index (χ2v) is 8.30. The molecule has 0 bridgehead atoms. The molecule has 2 amide bonds. The number of benzene rings is 2. The second-order valence-electron chi connectivity index (χ2n) is 8.30. The summed E-state index contributed by atoms with van der Waals surface area (Å²) < 4.78 is 7.02. The first-order valence-electron chi connectivity index (χ1n) is 11.5. The molecule has 0 saturated heterocycles. The molecule has 9 nitrogen and oxygen atoms in total. The van der Waals surface area contributed by atoms with Crippen LogP contribution in [-0.2, 0) is 6.42 Å². The van der Waals surface area contributed by atoms with E-state index in [9.17, 15) is 9.90 Å². The highest BCUT2D eigenvalue weighted by Crippen LogP contribution is 2.33. The van der Waals surface area contributed by atoms with Crippen LogP contribution in [0.2, 0.25) is 0 Å². The Labute approximate surface area is 202 Å². The fourth-order valence-electron chi connectivity index (χ4n) is 4.35. The summed E-state index contributed by atoms with van der Waals surface area (Å²) in [6.45, 7) is 4.23. The number of aliphatic hydroxyl groups excluding tert-OH is 1. The van der Waals surface area contributed by atoms with Gasteiger partial charge in [-0.3, -0.25) is 5.32 Å². The number of carbonyl (C=O) groups is 1. The van der Waals surface area contributed by atoms with Gasteiger partial charge in [0.1, 0.15) is 11.5 Å². The number of rotatable bonds is 6. The van der Waals surface area contributed by atoms with Crippen molar-refractivity contribution in [3.8, 4) is 23.0 Å². The number of amides is 2. The highest BCUT2D eigenvalue weighted by Gasteiger charge is 2.32. The molecule has 0 fully saturated rings. The smallest absolute Gasteiger partial charge is 0.320 e. The number of nitrogens with one attached hydrogen (secondary N) is 2. The molecule has 2 heterocycles. The molecule has 0 radical (unpaired) electrons. The number of hydrogen-bond donors (Lipinski definition) is 3. The average molecular weight is 471 g/mol. The summed E-state index contributed by atoms with van der Waals surface area (Å²) in [5.41, 5.74) is 4.84. The standard InChI is InChI=1S/C26H26N6O3/c1-3-35-26-27-14-18(15-28-26)22-16(2)24(32(31-22)19-10-5-4-6-11-19)30-25(34)29-23-20-12-8-7-9-17(20)13-21(23)33/h4-12,14-15,21,23,33H,3,13H2,1-2H3,(H2,29,30,34)/t21-,23?/m1/s1. The maximum absolute atomic E-state index is 13.1. The van der Waals surface area contributed by atoms with Crippen LogP contribution in [0.4, 0.5) is 10.6 Å². The molecule has 4 aromatic rings. The summed E-state index contributed by atoms with van der Waals surface area (Å²) in [6.07, 6.45) is 3.12. The number of hydrogen-bond acceptors (Lipinski definition) is 6. The molecule has 0 saturated carbocycles. The van der Waals surface area contributed by atoms with E-state index in [0.717, 1.165) is 22.4 Å². The van der Waals surface area contributed by atoms with Crippen molar-refractivity contribution in [3.05, 3.63) is 83.7 Å². The molecule has 2 aromatic carbocycles. The van der Waals surface area contributed by atoms with Crippen molar-refractivity contribution in [2.24, 2.45) is 0 Å². The molecule has 0 spiro atoms. The lowest BCUT2D eigenvalue weighted by atomic mass is 10.1. The molecule has 2 aromatic heterocycles. The van der Waals surface area contributed by atoms with Gasteiger partial charge in [-0.25, -0.2) is 19.4 Å². The summed E-state index contributed by atoms with van der Waals surface area (Å²) >= 11 is 0. The number of nitrogens with zero attached hydrogens (tertiary/aromatic N) is 4. The van der Waals surface area contributed by atoms with Crippen molar-refractivity contribution in [1.82, 2.24) is 25.1 Å². The van der Waals surface area contributed by atoms with Gasteiger partial charge in [0.15, 0.2) is 0 Å². The zero-order valence-corrected chi connectivity index (χ0v) is 19.5. The van der Waals surface area contributed by atoms with Gasteiger partial charge in [0.2, 0.25) is 0 Å². The minimum absolute atomic E-state index is 0.296. The molecule has 2 atom stereocenters.